The monoisotopic (exact) mass is 402 g/mol. The summed E-state index contributed by atoms with van der Waals surface area (Å²) in [5, 5.41) is 6.98. The number of nitrogens with zero attached hydrogens (tertiary/aromatic N) is 3. The Balaban J connectivity index is 1.85. The van der Waals surface area contributed by atoms with Gasteiger partial charge >= 0.3 is 0 Å². The molecule has 1 N–H and O–H groups in total. The minimum absolute atomic E-state index is 0.161. The first-order chi connectivity index (χ1) is 11.8. The zero-order valence-corrected chi connectivity index (χ0v) is 16.3. The number of nitrogens with one attached hydrogen (secondary N) is 1. The molecule has 0 spiro atoms. The molecule has 0 radical (unpaired) electrons. The van der Waals surface area contributed by atoms with Crippen LogP contribution in [0.2, 0.25) is 4.34 Å². The zero-order chi connectivity index (χ0) is 18.2. The minimum Gasteiger partial charge on any atom is -0.310 e. The predicted octanol–water partition coefficient (Wildman–Crippen LogP) is 2.63. The normalized spacial score (nSPS) is 19.1. The van der Waals surface area contributed by atoms with Crippen LogP contribution in [0.4, 0.5) is 5.82 Å². The third-order valence-electron chi connectivity index (χ3n) is 4.12. The van der Waals surface area contributed by atoms with Crippen LogP contribution in [0.25, 0.3) is 0 Å². The molecule has 0 bridgehead atoms. The summed E-state index contributed by atoms with van der Waals surface area (Å²) in [6.07, 6.45) is 2.02. The fraction of sp³-hybridized carbons (Fsp3) is 0.467. The Morgan fingerprint density at radius 1 is 1.40 bits per heavy atom. The van der Waals surface area contributed by atoms with E-state index in [0.29, 0.717) is 23.1 Å². The van der Waals surface area contributed by atoms with Crippen LogP contribution >= 0.6 is 22.9 Å². The summed E-state index contributed by atoms with van der Waals surface area (Å²) in [6, 6.07) is 4.04. The SMILES string of the molecule is Cc1cc(NC(=O)C2CCCCN2S(=O)(=O)c2ccc(Cl)s2)n(C)n1. The Kier molecular flexibility index (Phi) is 5.19. The van der Waals surface area contributed by atoms with Gasteiger partial charge in [0.25, 0.3) is 10.0 Å². The first-order valence-corrected chi connectivity index (χ1v) is 10.5. The number of rotatable bonds is 4. The van der Waals surface area contributed by atoms with Crippen LogP contribution in [0.5, 0.6) is 0 Å². The molecule has 2 aromatic heterocycles. The van der Waals surface area contributed by atoms with E-state index in [1.807, 2.05) is 6.92 Å². The van der Waals surface area contributed by atoms with Crippen LogP contribution < -0.4 is 5.32 Å². The smallest absolute Gasteiger partial charge is 0.253 e. The molecular weight excluding hydrogens is 384 g/mol. The van der Waals surface area contributed by atoms with E-state index in [9.17, 15) is 13.2 Å². The topological polar surface area (TPSA) is 84.3 Å². The highest BCUT2D eigenvalue weighted by molar-refractivity contribution is 7.91. The average molecular weight is 403 g/mol. The van der Waals surface area contributed by atoms with Crippen molar-refractivity contribution in [1.29, 1.82) is 0 Å². The number of anilines is 1. The maximum atomic E-state index is 12.9. The maximum Gasteiger partial charge on any atom is 0.253 e. The summed E-state index contributed by atoms with van der Waals surface area (Å²) >= 11 is 6.88. The summed E-state index contributed by atoms with van der Waals surface area (Å²) in [5.74, 6) is 0.207. The maximum absolute atomic E-state index is 12.9. The van der Waals surface area contributed by atoms with Gasteiger partial charge in [-0.15, -0.1) is 11.3 Å². The van der Waals surface area contributed by atoms with Crippen molar-refractivity contribution in [3.05, 3.63) is 28.2 Å². The second-order valence-electron chi connectivity index (χ2n) is 5.97. The number of amides is 1. The van der Waals surface area contributed by atoms with Crippen molar-refractivity contribution in [3.63, 3.8) is 0 Å². The highest BCUT2D eigenvalue weighted by atomic mass is 35.5. The lowest BCUT2D eigenvalue weighted by Crippen LogP contribution is -2.49. The fourth-order valence-corrected chi connectivity index (χ4v) is 6.21. The van der Waals surface area contributed by atoms with E-state index in [1.165, 1.54) is 10.4 Å². The average Bonchev–Trinajstić information content (AvgIpc) is 3.13. The molecule has 1 amide bonds. The number of carbonyl (C=O) groups is 1. The van der Waals surface area contributed by atoms with Gasteiger partial charge in [0.05, 0.1) is 10.0 Å². The van der Waals surface area contributed by atoms with Crippen LogP contribution in [-0.2, 0) is 21.9 Å². The number of sulfonamides is 1. The van der Waals surface area contributed by atoms with Crippen molar-refractivity contribution < 1.29 is 13.2 Å². The molecule has 1 unspecified atom stereocenters. The van der Waals surface area contributed by atoms with Crippen molar-refractivity contribution in [1.82, 2.24) is 14.1 Å². The first-order valence-electron chi connectivity index (χ1n) is 7.88. The second-order valence-corrected chi connectivity index (χ2v) is 9.80. The number of hydrogen-bond acceptors (Lipinski definition) is 5. The molecule has 1 saturated heterocycles. The van der Waals surface area contributed by atoms with E-state index >= 15 is 0 Å². The van der Waals surface area contributed by atoms with Gasteiger partial charge in [-0.2, -0.15) is 9.40 Å². The molecule has 1 aliphatic heterocycles. The Labute approximate surface area is 155 Å². The van der Waals surface area contributed by atoms with Gasteiger partial charge in [-0.05, 0) is 31.9 Å². The molecule has 0 aliphatic carbocycles. The number of thiophene rings is 1. The molecule has 1 aliphatic rings. The number of aromatic nitrogens is 2. The van der Waals surface area contributed by atoms with E-state index in [4.69, 9.17) is 11.6 Å². The Hall–Kier alpha value is -1.42. The molecule has 2 aromatic rings. The van der Waals surface area contributed by atoms with E-state index in [2.05, 4.69) is 10.4 Å². The lowest BCUT2D eigenvalue weighted by Gasteiger charge is -2.33. The number of halogens is 1. The van der Waals surface area contributed by atoms with Crippen LogP contribution in [0.3, 0.4) is 0 Å². The molecule has 1 atom stereocenters. The summed E-state index contributed by atoms with van der Waals surface area (Å²) < 4.78 is 29.3. The minimum atomic E-state index is -3.75. The molecule has 7 nitrogen and oxygen atoms in total. The van der Waals surface area contributed by atoms with Crippen molar-refractivity contribution in [2.75, 3.05) is 11.9 Å². The largest absolute Gasteiger partial charge is 0.310 e. The quantitative estimate of drug-likeness (QED) is 0.851. The molecular formula is C15H19ClN4O3S2. The predicted molar refractivity (Wildman–Crippen MR) is 97.4 cm³/mol. The van der Waals surface area contributed by atoms with Crippen molar-refractivity contribution in [2.45, 2.75) is 36.4 Å². The summed E-state index contributed by atoms with van der Waals surface area (Å²) in [7, 11) is -2.02. The van der Waals surface area contributed by atoms with E-state index in [-0.39, 0.29) is 10.1 Å². The van der Waals surface area contributed by atoms with Crippen LogP contribution in [0, 0.1) is 6.92 Å². The first kappa shape index (κ1) is 18.4. The van der Waals surface area contributed by atoms with E-state index < -0.39 is 16.1 Å². The van der Waals surface area contributed by atoms with Gasteiger partial charge in [0.1, 0.15) is 16.1 Å². The van der Waals surface area contributed by atoms with Crippen LogP contribution in [0.1, 0.15) is 25.0 Å². The van der Waals surface area contributed by atoms with E-state index in [0.717, 1.165) is 29.9 Å². The molecule has 3 rings (SSSR count). The van der Waals surface area contributed by atoms with E-state index in [1.54, 1.807) is 23.9 Å². The molecule has 1 fully saturated rings. The van der Waals surface area contributed by atoms with Gasteiger partial charge in [0.2, 0.25) is 5.91 Å². The van der Waals surface area contributed by atoms with Crippen LogP contribution in [0.15, 0.2) is 22.4 Å². The van der Waals surface area contributed by atoms with Gasteiger partial charge in [0.15, 0.2) is 0 Å². The van der Waals surface area contributed by atoms with Gasteiger partial charge in [-0.1, -0.05) is 18.0 Å². The lowest BCUT2D eigenvalue weighted by molar-refractivity contribution is -0.120. The third-order valence-corrected chi connectivity index (χ3v) is 7.73. The molecule has 3 heterocycles. The Morgan fingerprint density at radius 2 is 2.16 bits per heavy atom. The number of aryl methyl sites for hydroxylation is 2. The standard InChI is InChI=1S/C15H19ClN4O3S2/c1-10-9-13(19(2)18-10)17-15(21)11-5-3-4-8-20(11)25(22,23)14-7-6-12(16)24-14/h6-7,9,11H,3-5,8H2,1-2H3,(H,17,21). The molecule has 136 valence electrons. The van der Waals surface area contributed by atoms with Crippen molar-refractivity contribution >= 4 is 44.7 Å². The van der Waals surface area contributed by atoms with Crippen LogP contribution in [-0.4, -0.2) is 41.0 Å². The second kappa shape index (κ2) is 7.06. The zero-order valence-electron chi connectivity index (χ0n) is 13.9. The van der Waals surface area contributed by atoms with Gasteiger partial charge in [-0.25, -0.2) is 8.42 Å². The fourth-order valence-electron chi connectivity index (χ4n) is 2.94. The summed E-state index contributed by atoms with van der Waals surface area (Å²) in [4.78, 5) is 12.7. The van der Waals surface area contributed by atoms with Gasteiger partial charge in [0, 0.05) is 19.7 Å². The highest BCUT2D eigenvalue weighted by Gasteiger charge is 2.38. The Bertz CT molecular complexity index is 890. The Morgan fingerprint density at radius 3 is 2.76 bits per heavy atom. The lowest BCUT2D eigenvalue weighted by atomic mass is 10.0. The molecule has 0 saturated carbocycles. The number of hydrogen-bond donors (Lipinski definition) is 1. The van der Waals surface area contributed by atoms with Gasteiger partial charge in [-0.3, -0.25) is 9.48 Å². The van der Waals surface area contributed by atoms with Crippen molar-refractivity contribution in [3.8, 4) is 0 Å². The molecule has 25 heavy (non-hydrogen) atoms. The van der Waals surface area contributed by atoms with Crippen molar-refractivity contribution in [2.24, 2.45) is 7.05 Å². The summed E-state index contributed by atoms with van der Waals surface area (Å²) in [6.45, 7) is 2.15. The molecule has 10 heteroatoms. The number of carbonyl (C=O) groups excluding carboxylic acids is 1. The summed E-state index contributed by atoms with van der Waals surface area (Å²) in [5.41, 5.74) is 0.777. The van der Waals surface area contributed by atoms with Gasteiger partial charge < -0.3 is 5.32 Å². The highest BCUT2D eigenvalue weighted by Crippen LogP contribution is 2.32. The third kappa shape index (κ3) is 3.74. The molecule has 0 aromatic carbocycles. The number of piperidine rings is 1.